The third-order valence-corrected chi connectivity index (χ3v) is 8.01. The second-order valence-corrected chi connectivity index (χ2v) is 12.0. The molecule has 12 nitrogen and oxygen atoms in total. The average Bonchev–Trinajstić information content (AvgIpc) is 3.20. The van der Waals surface area contributed by atoms with Gasteiger partial charge in [0.05, 0.1) is 43.7 Å². The van der Waals surface area contributed by atoms with Gasteiger partial charge in [0.1, 0.15) is 41.3 Å². The molecule has 6 aromatic rings. The largest absolute Gasteiger partial charge is 0.504 e. The van der Waals surface area contributed by atoms with Crippen molar-refractivity contribution >= 4 is 11.0 Å². The quantitative estimate of drug-likeness (QED) is 0.0441. The molecule has 0 fully saturated rings. The number of para-hydroxylation sites is 2. The number of ether oxygens (including phenoxy) is 5. The van der Waals surface area contributed by atoms with Crippen LogP contribution in [-0.2, 0) is 9.47 Å². The van der Waals surface area contributed by atoms with Crippen molar-refractivity contribution in [1.82, 2.24) is 5.32 Å². The maximum atomic E-state index is 10.5. The zero-order valence-electron chi connectivity index (χ0n) is 29.5. The highest BCUT2D eigenvalue weighted by molar-refractivity contribution is 5.89. The molecule has 1 aromatic heterocycles. The van der Waals surface area contributed by atoms with Crippen LogP contribution < -0.4 is 24.9 Å². The van der Waals surface area contributed by atoms with Gasteiger partial charge in [0, 0.05) is 36.9 Å². The summed E-state index contributed by atoms with van der Waals surface area (Å²) in [5.74, 6) is 1.69. The van der Waals surface area contributed by atoms with Crippen LogP contribution in [0.3, 0.4) is 0 Å². The van der Waals surface area contributed by atoms with Crippen LogP contribution >= 0.6 is 0 Å². The van der Waals surface area contributed by atoms with Gasteiger partial charge in [0.2, 0.25) is 5.75 Å². The summed E-state index contributed by atoms with van der Waals surface area (Å²) in [4.78, 5) is 4.57. The molecule has 0 saturated carbocycles. The molecule has 12 heteroatoms. The number of phenols is 3. The topological polar surface area (TPSA) is 165 Å². The highest BCUT2D eigenvalue weighted by atomic mass is 16.5. The minimum atomic E-state index is -0.758. The van der Waals surface area contributed by atoms with Crippen LogP contribution in [0.2, 0.25) is 0 Å². The number of hydrogen-bond acceptors (Lipinski definition) is 12. The molecule has 0 aliphatic rings. The Morgan fingerprint density at radius 2 is 1.30 bits per heavy atom. The Morgan fingerprint density at radius 1 is 0.648 bits per heavy atom. The van der Waals surface area contributed by atoms with Crippen molar-refractivity contribution in [3.05, 3.63) is 127 Å². The van der Waals surface area contributed by atoms with Gasteiger partial charge in [0.25, 0.3) is 0 Å². The zero-order chi connectivity index (χ0) is 37.5. The molecule has 54 heavy (non-hydrogen) atoms. The summed E-state index contributed by atoms with van der Waals surface area (Å²) >= 11 is 0. The lowest BCUT2D eigenvalue weighted by molar-refractivity contribution is 0.0498. The van der Waals surface area contributed by atoms with Crippen LogP contribution in [0.1, 0.15) is 0 Å². The lowest BCUT2D eigenvalue weighted by atomic mass is 10.1. The first-order chi connectivity index (χ1) is 26.4. The van der Waals surface area contributed by atoms with Crippen LogP contribution in [-0.4, -0.2) is 79.2 Å². The molecule has 280 valence electrons. The Labute approximate surface area is 312 Å². The number of aromatic hydroxyl groups is 3. The van der Waals surface area contributed by atoms with Crippen molar-refractivity contribution in [2.75, 3.05) is 52.7 Å². The van der Waals surface area contributed by atoms with Crippen LogP contribution in [0.15, 0.2) is 131 Å². The summed E-state index contributed by atoms with van der Waals surface area (Å²) in [7, 11) is 0. The zero-order valence-corrected chi connectivity index (χ0v) is 29.5. The van der Waals surface area contributed by atoms with Crippen molar-refractivity contribution in [2.24, 2.45) is 4.99 Å². The molecule has 1 heterocycles. The van der Waals surface area contributed by atoms with Gasteiger partial charge in [-0.05, 0) is 36.4 Å². The van der Waals surface area contributed by atoms with Gasteiger partial charge in [0.15, 0.2) is 23.0 Å². The highest BCUT2D eigenvalue weighted by Gasteiger charge is 2.17. The molecule has 5 N–H and O–H groups in total. The molecule has 0 radical (unpaired) electrons. The van der Waals surface area contributed by atoms with Crippen molar-refractivity contribution in [1.29, 1.82) is 0 Å². The summed E-state index contributed by atoms with van der Waals surface area (Å²) in [6.07, 6.45) is -0.758. The minimum absolute atomic E-state index is 0.0702. The second-order valence-electron chi connectivity index (χ2n) is 12.0. The lowest BCUT2D eigenvalue weighted by Crippen LogP contribution is -2.33. The Bertz CT molecular complexity index is 2140. The first-order valence-electron chi connectivity index (χ1n) is 17.5. The number of fused-ring (bicyclic) bond motifs is 1. The van der Waals surface area contributed by atoms with E-state index in [2.05, 4.69) is 10.3 Å². The summed E-state index contributed by atoms with van der Waals surface area (Å²) in [6, 6.07) is 36.4. The van der Waals surface area contributed by atoms with Crippen molar-refractivity contribution in [2.45, 2.75) is 6.10 Å². The standard InChI is InChI=1S/C42H42N2O10/c45-30(28-51-33-16-17-36(52-31-12-6-2-7-13-31)38(24-33)53-32-14-8-3-9-15-32)27-43-18-20-49-22-23-50-21-19-44-34-25-37(29-10-4-1-5-11-29)54-39-26-35(46)41(47)42(48)40(34)39/h1-17,24-26,30,43,45-48H,18-23,27-28H2. The fourth-order valence-electron chi connectivity index (χ4n) is 5.35. The fourth-order valence-corrected chi connectivity index (χ4v) is 5.35. The van der Waals surface area contributed by atoms with Crippen LogP contribution in [0.5, 0.6) is 46.0 Å². The maximum Gasteiger partial charge on any atom is 0.201 e. The second kappa shape index (κ2) is 19.1. The number of benzene rings is 5. The molecule has 0 spiro atoms. The molecular formula is C42H42N2O10. The molecule has 1 atom stereocenters. The summed E-state index contributed by atoms with van der Waals surface area (Å²) < 4.78 is 35.2. The van der Waals surface area contributed by atoms with Crippen molar-refractivity contribution < 1.29 is 48.5 Å². The predicted molar refractivity (Wildman–Crippen MR) is 203 cm³/mol. The van der Waals surface area contributed by atoms with E-state index in [1.54, 1.807) is 24.3 Å². The average molecular weight is 735 g/mol. The van der Waals surface area contributed by atoms with E-state index >= 15 is 0 Å². The van der Waals surface area contributed by atoms with E-state index in [9.17, 15) is 20.4 Å². The van der Waals surface area contributed by atoms with Gasteiger partial charge >= 0.3 is 0 Å². The Morgan fingerprint density at radius 3 is 2.00 bits per heavy atom. The van der Waals surface area contributed by atoms with Crippen LogP contribution in [0.25, 0.3) is 22.3 Å². The molecule has 0 saturated heterocycles. The number of aliphatic hydroxyl groups excluding tert-OH is 1. The third kappa shape index (κ3) is 10.5. The fraction of sp³-hybridized carbons (Fsp3) is 0.214. The van der Waals surface area contributed by atoms with Crippen molar-refractivity contribution in [3.63, 3.8) is 0 Å². The van der Waals surface area contributed by atoms with Crippen LogP contribution in [0.4, 0.5) is 0 Å². The molecule has 6 rings (SSSR count). The Kier molecular flexibility index (Phi) is 13.4. The molecule has 1 unspecified atom stereocenters. The number of aliphatic hydroxyl groups is 1. The molecule has 0 aliphatic carbocycles. The van der Waals surface area contributed by atoms with E-state index in [-0.39, 0.29) is 30.7 Å². The van der Waals surface area contributed by atoms with E-state index in [1.165, 1.54) is 6.07 Å². The van der Waals surface area contributed by atoms with E-state index in [4.69, 9.17) is 28.1 Å². The summed E-state index contributed by atoms with van der Waals surface area (Å²) in [5, 5.41) is 44.9. The SMILES string of the molecule is Oc1cc2oc(-c3ccccc3)cc(=NCCOCCOCCNCC(O)COc3ccc(Oc4ccccc4)c(Oc4ccccc4)c3)c2c(O)c1O. The minimum Gasteiger partial charge on any atom is -0.504 e. The van der Waals surface area contributed by atoms with Crippen LogP contribution in [0, 0.1) is 0 Å². The lowest BCUT2D eigenvalue weighted by Gasteiger charge is -2.16. The first-order valence-corrected chi connectivity index (χ1v) is 17.5. The normalized spacial score (nSPS) is 12.1. The molecule has 0 amide bonds. The number of phenolic OH excluding ortho intramolecular Hbond substituents is 3. The smallest absolute Gasteiger partial charge is 0.201 e. The summed E-state index contributed by atoms with van der Waals surface area (Å²) in [5.41, 5.74) is 0.961. The molecule has 0 bridgehead atoms. The summed E-state index contributed by atoms with van der Waals surface area (Å²) in [6.45, 7) is 2.58. The van der Waals surface area contributed by atoms with Gasteiger partial charge in [-0.2, -0.15) is 0 Å². The number of nitrogens with zero attached hydrogens (tertiary/aromatic N) is 1. The van der Waals surface area contributed by atoms with Gasteiger partial charge in [-0.3, -0.25) is 4.99 Å². The van der Waals surface area contributed by atoms with E-state index in [1.807, 2.05) is 91.0 Å². The molecule has 0 aliphatic heterocycles. The van der Waals surface area contributed by atoms with Crippen molar-refractivity contribution in [3.8, 4) is 57.3 Å². The number of rotatable bonds is 19. The van der Waals surface area contributed by atoms with Gasteiger partial charge in [-0.1, -0.05) is 66.7 Å². The van der Waals surface area contributed by atoms with E-state index in [0.717, 1.165) is 5.56 Å². The Hall–Kier alpha value is -6.05. The van der Waals surface area contributed by atoms with Gasteiger partial charge in [-0.15, -0.1) is 0 Å². The van der Waals surface area contributed by atoms with Gasteiger partial charge in [-0.25, -0.2) is 0 Å². The highest BCUT2D eigenvalue weighted by Crippen LogP contribution is 2.41. The third-order valence-electron chi connectivity index (χ3n) is 8.01. The number of nitrogens with one attached hydrogen (secondary N) is 1. The monoisotopic (exact) mass is 734 g/mol. The number of hydrogen-bond donors (Lipinski definition) is 5. The first kappa shape index (κ1) is 37.7. The van der Waals surface area contributed by atoms with Gasteiger partial charge < -0.3 is 53.8 Å². The molecular weight excluding hydrogens is 692 g/mol. The Balaban J connectivity index is 0.899. The molecule has 5 aromatic carbocycles. The van der Waals surface area contributed by atoms with E-state index in [0.29, 0.717) is 72.8 Å². The van der Waals surface area contributed by atoms with E-state index < -0.39 is 23.4 Å². The maximum absolute atomic E-state index is 10.5. The predicted octanol–water partition coefficient (Wildman–Crippen LogP) is 6.76.